The molecule has 2 fully saturated rings. The first-order valence-corrected chi connectivity index (χ1v) is 14.9. The Hall–Kier alpha value is -3.12. The molecule has 12 heteroatoms. The van der Waals surface area contributed by atoms with Crippen LogP contribution in [0.4, 0.5) is 23.4 Å². The molecule has 0 radical (unpaired) electrons. The normalized spacial score (nSPS) is 20.3. The topological polar surface area (TPSA) is 93.2 Å². The molecular formula is C31H39F4N3O5. The minimum Gasteiger partial charge on any atom is -0.496 e. The van der Waals surface area contributed by atoms with Crippen LogP contribution in [-0.2, 0) is 27.8 Å². The second kappa shape index (κ2) is 12.9. The van der Waals surface area contributed by atoms with Crippen molar-refractivity contribution in [3.05, 3.63) is 46.4 Å². The number of ether oxygens (including phenoxy) is 3. The maximum absolute atomic E-state index is 15.0. The molecular weight excluding hydrogens is 570 g/mol. The number of pyridine rings is 1. The highest BCUT2D eigenvalue weighted by molar-refractivity contribution is 5.77. The van der Waals surface area contributed by atoms with E-state index in [1.807, 2.05) is 6.07 Å². The van der Waals surface area contributed by atoms with E-state index in [2.05, 4.69) is 5.32 Å². The Morgan fingerprint density at radius 1 is 1.19 bits per heavy atom. The Balaban J connectivity index is 1.15. The molecule has 236 valence electrons. The van der Waals surface area contributed by atoms with Gasteiger partial charge in [0, 0.05) is 49.1 Å². The molecule has 2 N–H and O–H groups in total. The van der Waals surface area contributed by atoms with E-state index < -0.39 is 29.4 Å². The molecule has 1 saturated carbocycles. The molecule has 1 saturated heterocycles. The monoisotopic (exact) mass is 609 g/mol. The number of carboxylic acids is 1. The second-order valence-electron chi connectivity index (χ2n) is 11.7. The van der Waals surface area contributed by atoms with E-state index in [0.717, 1.165) is 74.0 Å². The molecule has 0 bridgehead atoms. The number of rotatable bonds is 13. The van der Waals surface area contributed by atoms with Crippen molar-refractivity contribution in [1.82, 2.24) is 9.88 Å². The van der Waals surface area contributed by atoms with Crippen LogP contribution in [0.25, 0.3) is 0 Å². The number of nitrogens with zero attached hydrogens (tertiary/aromatic N) is 2. The van der Waals surface area contributed by atoms with E-state index >= 15 is 0 Å². The third kappa shape index (κ3) is 6.55. The predicted octanol–water partition coefficient (Wildman–Crippen LogP) is 5.82. The fraction of sp³-hybridized carbons (Fsp3) is 0.613. The summed E-state index contributed by atoms with van der Waals surface area (Å²) in [5.41, 5.74) is -0.398. The van der Waals surface area contributed by atoms with Crippen LogP contribution in [0, 0.1) is 5.82 Å². The van der Waals surface area contributed by atoms with Crippen molar-refractivity contribution in [3.8, 4) is 11.5 Å². The van der Waals surface area contributed by atoms with Gasteiger partial charge in [-0.25, -0.2) is 9.37 Å². The quantitative estimate of drug-likeness (QED) is 0.217. The van der Waals surface area contributed by atoms with Gasteiger partial charge >= 0.3 is 12.1 Å². The first kappa shape index (κ1) is 31.3. The Morgan fingerprint density at radius 3 is 2.65 bits per heavy atom. The third-order valence-corrected chi connectivity index (χ3v) is 8.87. The van der Waals surface area contributed by atoms with Crippen molar-refractivity contribution in [2.24, 2.45) is 0 Å². The van der Waals surface area contributed by atoms with Crippen LogP contribution in [0.15, 0.2) is 18.2 Å². The molecule has 43 heavy (non-hydrogen) atoms. The van der Waals surface area contributed by atoms with Gasteiger partial charge in [-0.2, -0.15) is 13.2 Å². The van der Waals surface area contributed by atoms with Crippen LogP contribution in [0.5, 0.6) is 11.5 Å². The summed E-state index contributed by atoms with van der Waals surface area (Å²) >= 11 is 0. The summed E-state index contributed by atoms with van der Waals surface area (Å²) in [6.07, 6.45) is 0.955. The molecule has 0 unspecified atom stereocenters. The lowest BCUT2D eigenvalue weighted by molar-refractivity contribution is -0.160. The first-order valence-electron chi connectivity index (χ1n) is 14.9. The lowest BCUT2D eigenvalue weighted by Gasteiger charge is -2.28. The molecule has 2 atom stereocenters. The molecule has 1 aromatic heterocycles. The molecule has 0 amide bonds. The predicted molar refractivity (Wildman–Crippen MR) is 151 cm³/mol. The highest BCUT2D eigenvalue weighted by atomic mass is 19.4. The van der Waals surface area contributed by atoms with E-state index in [-0.39, 0.29) is 42.4 Å². The number of unbranched alkanes of at least 4 members (excludes halogenated alkanes) is 2. The number of aryl methyl sites for hydroxylation is 1. The van der Waals surface area contributed by atoms with E-state index in [9.17, 15) is 27.5 Å². The number of hydrogen-bond donors (Lipinski definition) is 2. The summed E-state index contributed by atoms with van der Waals surface area (Å²) in [6.45, 7) is 2.02. The average molecular weight is 610 g/mol. The van der Waals surface area contributed by atoms with Gasteiger partial charge in [0.15, 0.2) is 11.6 Å². The fourth-order valence-electron chi connectivity index (χ4n) is 6.38. The Morgan fingerprint density at radius 2 is 1.98 bits per heavy atom. The van der Waals surface area contributed by atoms with Gasteiger partial charge in [0.05, 0.1) is 25.7 Å². The number of halogens is 4. The summed E-state index contributed by atoms with van der Waals surface area (Å²) in [5.74, 6) is -0.839. The summed E-state index contributed by atoms with van der Waals surface area (Å²) in [7, 11) is 2.86. The summed E-state index contributed by atoms with van der Waals surface area (Å²) in [6, 6.07) is 2.64. The van der Waals surface area contributed by atoms with Gasteiger partial charge in [-0.05, 0) is 69.1 Å². The fourth-order valence-corrected chi connectivity index (χ4v) is 6.38. The van der Waals surface area contributed by atoms with E-state index in [0.29, 0.717) is 19.6 Å². The minimum absolute atomic E-state index is 0.108. The number of hydrogen-bond acceptors (Lipinski definition) is 7. The molecule has 3 aliphatic rings. The van der Waals surface area contributed by atoms with E-state index in [1.54, 1.807) is 12.0 Å². The smallest absolute Gasteiger partial charge is 0.398 e. The molecule has 1 aromatic carbocycles. The molecule has 8 nitrogen and oxygen atoms in total. The molecule has 3 heterocycles. The maximum atomic E-state index is 15.0. The van der Waals surface area contributed by atoms with Gasteiger partial charge in [-0.15, -0.1) is 0 Å². The number of methoxy groups -OCH3 is 2. The van der Waals surface area contributed by atoms with Crippen LogP contribution in [0.1, 0.15) is 73.4 Å². The SMILES string of the molecule is COc1cc(CCCCCO[C@@H]2CCN([C@@H](C(=O)O)c3cc(C4(C(F)(F)F)CC4)cc(F)c3OC)C2)nc2c1CCCN2. The largest absolute Gasteiger partial charge is 0.496 e. The highest BCUT2D eigenvalue weighted by Crippen LogP contribution is 2.59. The van der Waals surface area contributed by atoms with Gasteiger partial charge in [0.25, 0.3) is 0 Å². The molecule has 1 aliphatic carbocycles. The number of nitrogens with one attached hydrogen (secondary N) is 1. The average Bonchev–Trinajstić information content (AvgIpc) is 3.68. The first-order chi connectivity index (χ1) is 20.6. The number of alkyl halides is 3. The van der Waals surface area contributed by atoms with Gasteiger partial charge in [-0.1, -0.05) is 6.42 Å². The highest BCUT2D eigenvalue weighted by Gasteiger charge is 2.64. The Bertz CT molecular complexity index is 1300. The van der Waals surface area contributed by atoms with Gasteiger partial charge in [0.1, 0.15) is 17.6 Å². The maximum Gasteiger partial charge on any atom is 0.398 e. The van der Waals surface area contributed by atoms with Crippen LogP contribution in [-0.4, -0.2) is 73.7 Å². The summed E-state index contributed by atoms with van der Waals surface area (Å²) < 4.78 is 73.2. The number of carbonyl (C=O) groups is 1. The van der Waals surface area contributed by atoms with E-state index in [4.69, 9.17) is 19.2 Å². The molecule has 2 aliphatic heterocycles. The zero-order chi connectivity index (χ0) is 30.8. The number of benzene rings is 1. The zero-order valence-electron chi connectivity index (χ0n) is 24.6. The van der Waals surface area contributed by atoms with E-state index in [1.165, 1.54) is 13.2 Å². The molecule has 0 spiro atoms. The van der Waals surface area contributed by atoms with Gasteiger partial charge < -0.3 is 24.6 Å². The van der Waals surface area contributed by atoms with Crippen LogP contribution in [0.3, 0.4) is 0 Å². The van der Waals surface area contributed by atoms with Crippen molar-refractivity contribution in [2.45, 2.75) is 81.5 Å². The number of fused-ring (bicyclic) bond motifs is 1. The van der Waals surface area contributed by atoms with Gasteiger partial charge in [0.2, 0.25) is 0 Å². The lowest BCUT2D eigenvalue weighted by atomic mass is 9.90. The number of anilines is 1. The zero-order valence-corrected chi connectivity index (χ0v) is 24.6. The molecule has 5 rings (SSSR count). The number of aliphatic carboxylic acids is 1. The summed E-state index contributed by atoms with van der Waals surface area (Å²) in [5, 5.41) is 13.5. The number of aromatic nitrogens is 1. The lowest BCUT2D eigenvalue weighted by Crippen LogP contribution is -2.35. The Kier molecular flexibility index (Phi) is 9.36. The standard InChI is InChI=1S/C31H39F4N3O5/c1-41-25-17-20(37-28-22(25)8-6-12-36-28)7-4-3-5-14-43-21-9-13-38(18-21)26(29(39)40)23-15-19(16-24(32)27(23)42-2)30(10-11-30)31(33,34)35/h15-17,21,26H,3-14,18H2,1-2H3,(H,36,37)(H,39,40)/t21-,26-/m1/s1. The second-order valence-corrected chi connectivity index (χ2v) is 11.7. The van der Waals surface area contributed by atoms with Crippen LogP contribution >= 0.6 is 0 Å². The Labute approximate surface area is 248 Å². The van der Waals surface area contributed by atoms with Crippen LogP contribution < -0.4 is 14.8 Å². The van der Waals surface area contributed by atoms with Gasteiger partial charge in [-0.3, -0.25) is 9.69 Å². The number of carboxylic acid groups (broad SMARTS) is 1. The van der Waals surface area contributed by atoms with Crippen molar-refractivity contribution in [3.63, 3.8) is 0 Å². The van der Waals surface area contributed by atoms with Crippen molar-refractivity contribution in [2.75, 3.05) is 45.8 Å². The minimum atomic E-state index is -4.56. The number of likely N-dealkylation sites (tertiary alicyclic amines) is 1. The molecule has 2 aromatic rings. The van der Waals surface area contributed by atoms with Crippen LogP contribution in [0.2, 0.25) is 0 Å². The van der Waals surface area contributed by atoms with Crippen molar-refractivity contribution >= 4 is 11.8 Å². The van der Waals surface area contributed by atoms with Crippen molar-refractivity contribution < 1.29 is 41.7 Å². The summed E-state index contributed by atoms with van der Waals surface area (Å²) in [4.78, 5) is 18.8. The third-order valence-electron chi connectivity index (χ3n) is 8.87. The van der Waals surface area contributed by atoms with Crippen molar-refractivity contribution in [1.29, 1.82) is 0 Å².